The Bertz CT molecular complexity index is 525. The Morgan fingerprint density at radius 3 is 2.67 bits per heavy atom. The van der Waals surface area contributed by atoms with Gasteiger partial charge in [-0.1, -0.05) is 5.21 Å². The van der Waals surface area contributed by atoms with Gasteiger partial charge in [0.05, 0.1) is 33.6 Å². The molecule has 0 amide bonds. The van der Waals surface area contributed by atoms with E-state index in [-0.39, 0.29) is 6.61 Å². The molecule has 1 aromatic heterocycles. The minimum absolute atomic E-state index is 0.0364. The normalized spacial score (nSPS) is 10.4. The molecule has 0 bridgehead atoms. The molecule has 6 nitrogen and oxygen atoms in total. The maximum Gasteiger partial charge on any atom is 0.161 e. The number of aromatic nitrogens is 3. The van der Waals surface area contributed by atoms with Gasteiger partial charge in [0, 0.05) is 5.56 Å². The van der Waals surface area contributed by atoms with Crippen molar-refractivity contribution < 1.29 is 14.6 Å². The predicted octanol–water partition coefficient (Wildman–Crippen LogP) is 0.955. The van der Waals surface area contributed by atoms with Gasteiger partial charge in [0.25, 0.3) is 0 Å². The number of nitrogens with zero attached hydrogens (tertiary/aromatic N) is 3. The minimum atomic E-state index is 0.0364. The topological polar surface area (TPSA) is 69.4 Å². The summed E-state index contributed by atoms with van der Waals surface area (Å²) < 4.78 is 12.0. The highest BCUT2D eigenvalue weighted by Gasteiger charge is 2.08. The first-order valence-corrected chi connectivity index (χ1v) is 5.52. The van der Waals surface area contributed by atoms with E-state index in [0.29, 0.717) is 18.0 Å². The monoisotopic (exact) mass is 249 g/mol. The molecule has 0 aliphatic heterocycles. The minimum Gasteiger partial charge on any atom is -0.493 e. The van der Waals surface area contributed by atoms with Crippen molar-refractivity contribution in [2.75, 3.05) is 20.8 Å². The van der Waals surface area contributed by atoms with Gasteiger partial charge in [0.2, 0.25) is 0 Å². The second-order valence-electron chi connectivity index (χ2n) is 3.66. The fraction of sp³-hybridized carbons (Fsp3) is 0.333. The number of rotatable bonds is 5. The third-order valence-corrected chi connectivity index (χ3v) is 2.55. The van der Waals surface area contributed by atoms with Crippen LogP contribution in [0, 0.1) is 0 Å². The number of hydrogen-bond acceptors (Lipinski definition) is 5. The molecule has 1 N–H and O–H groups in total. The van der Waals surface area contributed by atoms with E-state index < -0.39 is 0 Å². The Kier molecular flexibility index (Phi) is 3.78. The summed E-state index contributed by atoms with van der Waals surface area (Å²) in [5.74, 6) is 1.32. The van der Waals surface area contributed by atoms with Crippen LogP contribution in [0.1, 0.15) is 0 Å². The van der Waals surface area contributed by atoms with Crippen LogP contribution >= 0.6 is 0 Å². The predicted molar refractivity (Wildman–Crippen MR) is 65.6 cm³/mol. The van der Waals surface area contributed by atoms with Crippen LogP contribution in [0.15, 0.2) is 24.4 Å². The fourth-order valence-electron chi connectivity index (χ4n) is 1.64. The van der Waals surface area contributed by atoms with Gasteiger partial charge in [-0.3, -0.25) is 0 Å². The Balaban J connectivity index is 2.31. The van der Waals surface area contributed by atoms with Gasteiger partial charge in [-0.2, -0.15) is 0 Å². The van der Waals surface area contributed by atoms with Gasteiger partial charge in [-0.15, -0.1) is 5.10 Å². The molecule has 1 aromatic carbocycles. The van der Waals surface area contributed by atoms with E-state index in [1.54, 1.807) is 25.1 Å². The molecule has 2 aromatic rings. The average molecular weight is 249 g/mol. The molecule has 0 radical (unpaired) electrons. The van der Waals surface area contributed by atoms with Gasteiger partial charge in [-0.05, 0) is 18.2 Å². The van der Waals surface area contributed by atoms with Crippen LogP contribution < -0.4 is 9.47 Å². The molecule has 0 fully saturated rings. The number of aliphatic hydroxyl groups is 1. The van der Waals surface area contributed by atoms with E-state index in [2.05, 4.69) is 10.3 Å². The number of aliphatic hydroxyl groups excluding tert-OH is 1. The molecular formula is C12H15N3O3. The second kappa shape index (κ2) is 5.50. The van der Waals surface area contributed by atoms with Gasteiger partial charge < -0.3 is 14.6 Å². The van der Waals surface area contributed by atoms with Crippen molar-refractivity contribution in [1.82, 2.24) is 15.0 Å². The van der Waals surface area contributed by atoms with Gasteiger partial charge in [0.1, 0.15) is 5.69 Å². The van der Waals surface area contributed by atoms with E-state index in [0.717, 1.165) is 11.3 Å². The van der Waals surface area contributed by atoms with Crippen molar-refractivity contribution in [3.8, 4) is 22.8 Å². The molecule has 0 aliphatic rings. The molecule has 18 heavy (non-hydrogen) atoms. The summed E-state index contributed by atoms with van der Waals surface area (Å²) in [6.07, 6.45) is 1.78. The highest BCUT2D eigenvalue weighted by Crippen LogP contribution is 2.31. The van der Waals surface area contributed by atoms with E-state index in [1.807, 2.05) is 18.2 Å². The summed E-state index contributed by atoms with van der Waals surface area (Å²) in [7, 11) is 3.18. The van der Waals surface area contributed by atoms with Crippen LogP contribution in [0.4, 0.5) is 0 Å². The van der Waals surface area contributed by atoms with Gasteiger partial charge in [-0.25, -0.2) is 4.68 Å². The summed E-state index contributed by atoms with van der Waals surface area (Å²) in [5.41, 5.74) is 1.61. The molecule has 2 rings (SSSR count). The standard InChI is InChI=1S/C12H15N3O3/c1-17-11-4-3-9(7-12(11)18-2)10-8-15(5-6-16)14-13-10/h3-4,7-8,16H,5-6H2,1-2H3. The number of methoxy groups -OCH3 is 2. The van der Waals surface area contributed by atoms with Crippen LogP contribution in [-0.2, 0) is 6.54 Å². The second-order valence-corrected chi connectivity index (χ2v) is 3.66. The van der Waals surface area contributed by atoms with Crippen LogP contribution in [-0.4, -0.2) is 40.9 Å². The molecule has 0 saturated carbocycles. The van der Waals surface area contributed by atoms with Crippen LogP contribution in [0.3, 0.4) is 0 Å². The zero-order valence-electron chi connectivity index (χ0n) is 10.3. The fourth-order valence-corrected chi connectivity index (χ4v) is 1.64. The molecular weight excluding hydrogens is 234 g/mol. The molecule has 0 saturated heterocycles. The van der Waals surface area contributed by atoms with Crippen molar-refractivity contribution in [3.63, 3.8) is 0 Å². The Hall–Kier alpha value is -2.08. The molecule has 96 valence electrons. The quantitative estimate of drug-likeness (QED) is 0.854. The first-order valence-electron chi connectivity index (χ1n) is 5.52. The lowest BCUT2D eigenvalue weighted by molar-refractivity contribution is 0.268. The van der Waals surface area contributed by atoms with E-state index in [4.69, 9.17) is 14.6 Å². The van der Waals surface area contributed by atoms with Gasteiger partial charge in [0.15, 0.2) is 11.5 Å². The van der Waals surface area contributed by atoms with Crippen LogP contribution in [0.25, 0.3) is 11.3 Å². The molecule has 0 unspecified atom stereocenters. The zero-order valence-corrected chi connectivity index (χ0v) is 10.3. The Morgan fingerprint density at radius 2 is 2.00 bits per heavy atom. The van der Waals surface area contributed by atoms with Gasteiger partial charge >= 0.3 is 0 Å². The highest BCUT2D eigenvalue weighted by atomic mass is 16.5. The maximum atomic E-state index is 8.82. The average Bonchev–Trinajstić information content (AvgIpc) is 2.87. The molecule has 1 heterocycles. The highest BCUT2D eigenvalue weighted by molar-refractivity contribution is 5.63. The van der Waals surface area contributed by atoms with Crippen LogP contribution in [0.5, 0.6) is 11.5 Å². The summed E-state index contributed by atoms with van der Waals surface area (Å²) in [6, 6.07) is 5.54. The largest absolute Gasteiger partial charge is 0.493 e. The van der Waals surface area contributed by atoms with E-state index >= 15 is 0 Å². The van der Waals surface area contributed by atoms with Crippen molar-refractivity contribution in [2.24, 2.45) is 0 Å². The summed E-state index contributed by atoms with van der Waals surface area (Å²) >= 11 is 0. The lowest BCUT2D eigenvalue weighted by Gasteiger charge is -2.07. The lowest BCUT2D eigenvalue weighted by atomic mass is 10.1. The van der Waals surface area contributed by atoms with E-state index in [9.17, 15) is 0 Å². The third kappa shape index (κ3) is 2.43. The van der Waals surface area contributed by atoms with Crippen molar-refractivity contribution in [1.29, 1.82) is 0 Å². The SMILES string of the molecule is COc1ccc(-c2cn(CCO)nn2)cc1OC. The van der Waals surface area contributed by atoms with E-state index in [1.165, 1.54) is 0 Å². The van der Waals surface area contributed by atoms with Crippen molar-refractivity contribution in [3.05, 3.63) is 24.4 Å². The first-order chi connectivity index (χ1) is 8.78. The smallest absolute Gasteiger partial charge is 0.161 e. The summed E-state index contributed by atoms with van der Waals surface area (Å²) in [4.78, 5) is 0. The van der Waals surface area contributed by atoms with Crippen molar-refractivity contribution >= 4 is 0 Å². The third-order valence-electron chi connectivity index (χ3n) is 2.55. The molecule has 0 aliphatic carbocycles. The lowest BCUT2D eigenvalue weighted by Crippen LogP contribution is -2.01. The summed E-state index contributed by atoms with van der Waals surface area (Å²) in [5, 5.41) is 16.8. The maximum absolute atomic E-state index is 8.82. The van der Waals surface area contributed by atoms with Crippen LogP contribution in [0.2, 0.25) is 0 Å². The molecule has 0 spiro atoms. The molecule has 0 atom stereocenters. The first kappa shape index (κ1) is 12.4. The van der Waals surface area contributed by atoms with Crippen molar-refractivity contribution in [2.45, 2.75) is 6.54 Å². The molecule has 6 heteroatoms. The Morgan fingerprint density at radius 1 is 1.22 bits per heavy atom. The number of hydrogen-bond donors (Lipinski definition) is 1. The summed E-state index contributed by atoms with van der Waals surface area (Å²) in [6.45, 7) is 0.467. The zero-order chi connectivity index (χ0) is 13.0. The number of benzene rings is 1. The number of ether oxygens (including phenoxy) is 2. The Labute approximate surface area is 105 Å².